The zero-order valence-electron chi connectivity index (χ0n) is 12.9. The van der Waals surface area contributed by atoms with Crippen LogP contribution in [-0.2, 0) is 4.79 Å². The van der Waals surface area contributed by atoms with Gasteiger partial charge in [-0.25, -0.2) is 0 Å². The first-order chi connectivity index (χ1) is 9.83. The Balaban J connectivity index is 1.40. The lowest BCUT2D eigenvalue weighted by Gasteiger charge is -2.40. The van der Waals surface area contributed by atoms with Gasteiger partial charge in [0.15, 0.2) is 0 Å². The highest BCUT2D eigenvalue weighted by molar-refractivity contribution is 5.83. The van der Waals surface area contributed by atoms with Crippen molar-refractivity contribution in [3.63, 3.8) is 0 Å². The van der Waals surface area contributed by atoms with Gasteiger partial charge in [0.05, 0.1) is 6.54 Å². The van der Waals surface area contributed by atoms with Crippen molar-refractivity contribution in [2.45, 2.75) is 63.8 Å². The molecule has 0 atom stereocenters. The second-order valence-corrected chi connectivity index (χ2v) is 7.05. The van der Waals surface area contributed by atoms with E-state index in [0.29, 0.717) is 11.7 Å². The van der Waals surface area contributed by atoms with Gasteiger partial charge >= 0.3 is 0 Å². The lowest BCUT2D eigenvalue weighted by molar-refractivity contribution is -0.124. The summed E-state index contributed by atoms with van der Waals surface area (Å²) in [4.78, 5) is 17.4. The van der Waals surface area contributed by atoms with E-state index in [1.807, 2.05) is 0 Å². The van der Waals surface area contributed by atoms with Gasteiger partial charge in [0, 0.05) is 25.0 Å². The molecule has 0 unspecified atom stereocenters. The Morgan fingerprint density at radius 3 is 2.10 bits per heavy atom. The Bertz CT molecular complexity index is 311. The molecule has 0 spiro atoms. The van der Waals surface area contributed by atoms with E-state index in [9.17, 15) is 4.79 Å². The van der Waals surface area contributed by atoms with Gasteiger partial charge in [0.25, 0.3) is 0 Å². The highest BCUT2D eigenvalue weighted by atomic mass is 16.1. The average Bonchev–Trinajstić information content (AvgIpc) is 3.03. The fourth-order valence-corrected chi connectivity index (χ4v) is 4.32. The van der Waals surface area contributed by atoms with Crippen molar-refractivity contribution in [1.29, 1.82) is 0 Å². The summed E-state index contributed by atoms with van der Waals surface area (Å²) in [6.07, 6.45) is 11.6. The van der Waals surface area contributed by atoms with E-state index in [1.165, 1.54) is 58.0 Å². The van der Waals surface area contributed by atoms with Gasteiger partial charge < -0.3 is 4.90 Å². The normalized spacial score (nSPS) is 28.0. The first-order valence-corrected chi connectivity index (χ1v) is 8.82. The molecule has 0 aromatic carbocycles. The molecule has 0 N–H and O–H groups in total. The molecule has 0 aromatic heterocycles. The van der Waals surface area contributed by atoms with E-state index in [0.717, 1.165) is 38.5 Å². The zero-order valence-corrected chi connectivity index (χ0v) is 12.9. The molecule has 0 bridgehead atoms. The second kappa shape index (κ2) is 7.04. The molecule has 3 nitrogen and oxygen atoms in total. The van der Waals surface area contributed by atoms with Crippen LogP contribution < -0.4 is 0 Å². The molecule has 1 saturated carbocycles. The molecule has 0 amide bonds. The van der Waals surface area contributed by atoms with E-state index < -0.39 is 0 Å². The molecule has 3 fully saturated rings. The SMILES string of the molecule is O=C(CN1CCC(N2CCCCC2)CC1)C1CCCC1. The predicted octanol–water partition coefficient (Wildman–Crippen LogP) is 2.70. The van der Waals surface area contributed by atoms with Crippen molar-refractivity contribution in [2.75, 3.05) is 32.7 Å². The Kier molecular flexibility index (Phi) is 5.11. The molecule has 2 saturated heterocycles. The third-order valence-electron chi connectivity index (χ3n) is 5.65. The van der Waals surface area contributed by atoms with Gasteiger partial charge in [-0.2, -0.15) is 0 Å². The Morgan fingerprint density at radius 1 is 0.800 bits per heavy atom. The van der Waals surface area contributed by atoms with Crippen LogP contribution in [0.5, 0.6) is 0 Å². The summed E-state index contributed by atoms with van der Waals surface area (Å²) in [6.45, 7) is 5.63. The van der Waals surface area contributed by atoms with Crippen LogP contribution in [0.1, 0.15) is 57.8 Å². The summed E-state index contributed by atoms with van der Waals surface area (Å²) in [7, 11) is 0. The summed E-state index contributed by atoms with van der Waals surface area (Å²) in [5.74, 6) is 0.925. The van der Waals surface area contributed by atoms with E-state index in [1.54, 1.807) is 0 Å². The minimum absolute atomic E-state index is 0.398. The summed E-state index contributed by atoms with van der Waals surface area (Å²) in [5, 5.41) is 0. The highest BCUT2D eigenvalue weighted by Gasteiger charge is 2.28. The van der Waals surface area contributed by atoms with E-state index >= 15 is 0 Å². The minimum Gasteiger partial charge on any atom is -0.300 e. The quantitative estimate of drug-likeness (QED) is 0.790. The van der Waals surface area contributed by atoms with Crippen LogP contribution in [0.2, 0.25) is 0 Å². The van der Waals surface area contributed by atoms with Gasteiger partial charge in [0.2, 0.25) is 0 Å². The number of Topliss-reactive ketones (excluding diaryl/α,β-unsaturated/α-hetero) is 1. The van der Waals surface area contributed by atoms with Crippen LogP contribution in [0.15, 0.2) is 0 Å². The number of ketones is 1. The summed E-state index contributed by atoms with van der Waals surface area (Å²) >= 11 is 0. The van der Waals surface area contributed by atoms with E-state index in [-0.39, 0.29) is 0 Å². The summed E-state index contributed by atoms with van der Waals surface area (Å²) in [6, 6.07) is 0.799. The van der Waals surface area contributed by atoms with Crippen molar-refractivity contribution < 1.29 is 4.79 Å². The maximum atomic E-state index is 12.2. The molecule has 0 radical (unpaired) electrons. The highest BCUT2D eigenvalue weighted by Crippen LogP contribution is 2.26. The molecule has 2 heterocycles. The smallest absolute Gasteiger partial charge is 0.149 e. The third-order valence-corrected chi connectivity index (χ3v) is 5.65. The molecule has 3 heteroatoms. The largest absolute Gasteiger partial charge is 0.300 e. The van der Waals surface area contributed by atoms with E-state index in [2.05, 4.69) is 9.80 Å². The predicted molar refractivity (Wildman–Crippen MR) is 81.9 cm³/mol. The summed E-state index contributed by atoms with van der Waals surface area (Å²) in [5.41, 5.74) is 0. The number of likely N-dealkylation sites (tertiary alicyclic amines) is 2. The van der Waals surface area contributed by atoms with Crippen LogP contribution in [0, 0.1) is 5.92 Å². The zero-order chi connectivity index (χ0) is 13.8. The number of hydrogen-bond acceptors (Lipinski definition) is 3. The summed E-state index contributed by atoms with van der Waals surface area (Å²) < 4.78 is 0. The second-order valence-electron chi connectivity index (χ2n) is 7.05. The Labute approximate surface area is 123 Å². The number of carbonyl (C=O) groups excluding carboxylic acids is 1. The van der Waals surface area contributed by atoms with E-state index in [4.69, 9.17) is 0 Å². The van der Waals surface area contributed by atoms with Crippen molar-refractivity contribution in [2.24, 2.45) is 5.92 Å². The van der Waals surface area contributed by atoms with Crippen molar-refractivity contribution in [1.82, 2.24) is 9.80 Å². The Morgan fingerprint density at radius 2 is 1.45 bits per heavy atom. The van der Waals surface area contributed by atoms with Crippen LogP contribution in [0.4, 0.5) is 0 Å². The first kappa shape index (κ1) is 14.5. The van der Waals surface area contributed by atoms with Crippen molar-refractivity contribution in [3.05, 3.63) is 0 Å². The lowest BCUT2D eigenvalue weighted by atomic mass is 9.98. The van der Waals surface area contributed by atoms with Gasteiger partial charge in [-0.1, -0.05) is 19.3 Å². The van der Waals surface area contributed by atoms with Crippen LogP contribution in [-0.4, -0.2) is 54.3 Å². The molecule has 20 heavy (non-hydrogen) atoms. The third kappa shape index (κ3) is 3.62. The number of piperidine rings is 2. The number of nitrogens with zero attached hydrogens (tertiary/aromatic N) is 2. The number of carbonyl (C=O) groups is 1. The first-order valence-electron chi connectivity index (χ1n) is 8.82. The average molecular weight is 278 g/mol. The fraction of sp³-hybridized carbons (Fsp3) is 0.941. The fourth-order valence-electron chi connectivity index (χ4n) is 4.32. The van der Waals surface area contributed by atoms with Crippen molar-refractivity contribution >= 4 is 5.78 Å². The van der Waals surface area contributed by atoms with Gasteiger partial charge in [-0.3, -0.25) is 9.69 Å². The van der Waals surface area contributed by atoms with Crippen LogP contribution >= 0.6 is 0 Å². The van der Waals surface area contributed by atoms with Crippen LogP contribution in [0.3, 0.4) is 0 Å². The van der Waals surface area contributed by atoms with Gasteiger partial charge in [-0.05, 0) is 51.6 Å². The maximum Gasteiger partial charge on any atom is 0.149 e. The lowest BCUT2D eigenvalue weighted by Crippen LogP contribution is -2.48. The standard InChI is InChI=1S/C17H30N2O/c20-17(15-6-2-3-7-15)14-18-12-8-16(9-13-18)19-10-4-1-5-11-19/h15-16H,1-14H2. The van der Waals surface area contributed by atoms with Gasteiger partial charge in [0.1, 0.15) is 5.78 Å². The molecule has 114 valence electrons. The molecule has 3 aliphatic rings. The number of rotatable bonds is 4. The minimum atomic E-state index is 0.398. The van der Waals surface area contributed by atoms with Crippen LogP contribution in [0.25, 0.3) is 0 Å². The number of hydrogen-bond donors (Lipinski definition) is 0. The topological polar surface area (TPSA) is 23.6 Å². The van der Waals surface area contributed by atoms with Crippen molar-refractivity contribution in [3.8, 4) is 0 Å². The monoisotopic (exact) mass is 278 g/mol. The Hall–Kier alpha value is -0.410. The van der Waals surface area contributed by atoms with Gasteiger partial charge in [-0.15, -0.1) is 0 Å². The molecular weight excluding hydrogens is 248 g/mol. The maximum absolute atomic E-state index is 12.2. The molecule has 2 aliphatic heterocycles. The molecule has 0 aromatic rings. The molecular formula is C17H30N2O. The molecule has 1 aliphatic carbocycles. The molecule has 3 rings (SSSR count).